The Morgan fingerprint density at radius 1 is 1.50 bits per heavy atom. The zero-order valence-electron chi connectivity index (χ0n) is 9.69. The second kappa shape index (κ2) is 5.07. The van der Waals surface area contributed by atoms with Crippen molar-refractivity contribution in [2.24, 2.45) is 0 Å². The molecule has 1 aromatic heterocycles. The molecule has 0 saturated heterocycles. The van der Waals surface area contributed by atoms with Gasteiger partial charge in [0.15, 0.2) is 0 Å². The van der Waals surface area contributed by atoms with E-state index >= 15 is 0 Å². The summed E-state index contributed by atoms with van der Waals surface area (Å²) in [7, 11) is 1.91. The molecular weight excluding hydrogens is 200 g/mol. The number of nitrogens with zero attached hydrogens (tertiary/aromatic N) is 3. The van der Waals surface area contributed by atoms with Gasteiger partial charge in [-0.3, -0.25) is 4.98 Å². The molecule has 16 heavy (non-hydrogen) atoms. The van der Waals surface area contributed by atoms with Crippen LogP contribution in [-0.2, 0) is 6.54 Å². The number of nitrogens with one attached hydrogen (secondary N) is 1. The summed E-state index contributed by atoms with van der Waals surface area (Å²) in [6.07, 6.45) is 8.13. The van der Waals surface area contributed by atoms with E-state index in [4.69, 9.17) is 0 Å². The smallest absolute Gasteiger partial charge is 0.147 e. The van der Waals surface area contributed by atoms with Gasteiger partial charge in [0.25, 0.3) is 0 Å². The first-order chi connectivity index (χ1) is 7.85. The monoisotopic (exact) mass is 218 g/mol. The molecule has 0 aliphatic heterocycles. The molecule has 0 atom stereocenters. The summed E-state index contributed by atoms with van der Waals surface area (Å²) in [6.45, 7) is 5.40. The summed E-state index contributed by atoms with van der Waals surface area (Å²) >= 11 is 0. The Labute approximate surface area is 96.4 Å². The highest BCUT2D eigenvalue weighted by Gasteiger charge is 2.29. The predicted octanol–water partition coefficient (Wildman–Crippen LogP) is 1.35. The molecule has 0 bridgehead atoms. The molecule has 1 fully saturated rings. The van der Waals surface area contributed by atoms with Crippen molar-refractivity contribution in [1.82, 2.24) is 15.3 Å². The molecule has 86 valence electrons. The van der Waals surface area contributed by atoms with Crippen LogP contribution in [0.3, 0.4) is 0 Å². The van der Waals surface area contributed by atoms with Gasteiger partial charge in [-0.05, 0) is 19.9 Å². The molecule has 1 aliphatic carbocycles. The van der Waals surface area contributed by atoms with Crippen LogP contribution >= 0.6 is 0 Å². The van der Waals surface area contributed by atoms with Gasteiger partial charge in [-0.15, -0.1) is 6.58 Å². The molecule has 0 unspecified atom stereocenters. The lowest BCUT2D eigenvalue weighted by Crippen LogP contribution is -2.26. The summed E-state index contributed by atoms with van der Waals surface area (Å²) < 4.78 is 0. The number of anilines is 1. The van der Waals surface area contributed by atoms with Crippen LogP contribution in [-0.4, -0.2) is 29.6 Å². The fourth-order valence-corrected chi connectivity index (χ4v) is 1.72. The Balaban J connectivity index is 2.08. The van der Waals surface area contributed by atoms with E-state index in [0.717, 1.165) is 24.6 Å². The van der Waals surface area contributed by atoms with Crippen molar-refractivity contribution < 1.29 is 0 Å². The summed E-state index contributed by atoms with van der Waals surface area (Å²) in [4.78, 5) is 11.1. The third-order valence-electron chi connectivity index (χ3n) is 2.66. The van der Waals surface area contributed by atoms with E-state index in [1.54, 1.807) is 0 Å². The van der Waals surface area contributed by atoms with Crippen molar-refractivity contribution in [2.45, 2.75) is 25.4 Å². The normalized spacial score (nSPS) is 14.8. The fourth-order valence-electron chi connectivity index (χ4n) is 1.72. The first-order valence-electron chi connectivity index (χ1n) is 5.68. The molecule has 0 amide bonds. The summed E-state index contributed by atoms with van der Waals surface area (Å²) in [5.41, 5.74) is 0.973. The lowest BCUT2D eigenvalue weighted by atomic mass is 10.4. The molecule has 1 heterocycles. The van der Waals surface area contributed by atoms with Gasteiger partial charge < -0.3 is 10.2 Å². The molecule has 0 aromatic carbocycles. The first kappa shape index (κ1) is 11.1. The number of aromatic nitrogens is 2. The van der Waals surface area contributed by atoms with Gasteiger partial charge in [0.2, 0.25) is 0 Å². The molecule has 1 saturated carbocycles. The van der Waals surface area contributed by atoms with Crippen molar-refractivity contribution in [3.8, 4) is 0 Å². The van der Waals surface area contributed by atoms with Crippen LogP contribution < -0.4 is 10.2 Å². The van der Waals surface area contributed by atoms with E-state index in [1.165, 1.54) is 12.8 Å². The van der Waals surface area contributed by atoms with Gasteiger partial charge in [-0.25, -0.2) is 4.98 Å². The van der Waals surface area contributed by atoms with Crippen LogP contribution in [0.4, 0.5) is 5.82 Å². The third-order valence-corrected chi connectivity index (χ3v) is 2.66. The predicted molar refractivity (Wildman–Crippen MR) is 65.4 cm³/mol. The highest BCUT2D eigenvalue weighted by Crippen LogP contribution is 2.29. The van der Waals surface area contributed by atoms with Crippen molar-refractivity contribution in [3.05, 3.63) is 30.7 Å². The van der Waals surface area contributed by atoms with Crippen molar-refractivity contribution in [2.75, 3.05) is 18.5 Å². The van der Waals surface area contributed by atoms with Crippen LogP contribution in [0.25, 0.3) is 0 Å². The maximum absolute atomic E-state index is 4.45. The van der Waals surface area contributed by atoms with Gasteiger partial charge in [0.05, 0.1) is 18.1 Å². The van der Waals surface area contributed by atoms with Gasteiger partial charge in [-0.2, -0.15) is 0 Å². The largest absolute Gasteiger partial charge is 0.349 e. The summed E-state index contributed by atoms with van der Waals surface area (Å²) in [5.74, 6) is 0.960. The average Bonchev–Trinajstić information content (AvgIpc) is 3.12. The van der Waals surface area contributed by atoms with Crippen LogP contribution in [0.1, 0.15) is 18.5 Å². The van der Waals surface area contributed by atoms with Gasteiger partial charge >= 0.3 is 0 Å². The van der Waals surface area contributed by atoms with Gasteiger partial charge in [-0.1, -0.05) is 6.08 Å². The van der Waals surface area contributed by atoms with Crippen LogP contribution in [0.2, 0.25) is 0 Å². The maximum atomic E-state index is 4.45. The molecule has 1 aliphatic rings. The third kappa shape index (κ3) is 2.58. The molecule has 2 rings (SSSR count). The standard InChI is InChI=1S/C12H18N4/c1-3-6-16(11-4-5-11)12-9-14-10(7-13-2)8-15-12/h3,8-9,11,13H,1,4-7H2,2H3. The lowest BCUT2D eigenvalue weighted by molar-refractivity contribution is 0.774. The summed E-state index contributed by atoms with van der Waals surface area (Å²) in [5, 5.41) is 3.06. The molecule has 1 N–H and O–H groups in total. The molecule has 4 nitrogen and oxygen atoms in total. The minimum absolute atomic E-state index is 0.641. The Kier molecular flexibility index (Phi) is 3.51. The van der Waals surface area contributed by atoms with E-state index < -0.39 is 0 Å². The average molecular weight is 218 g/mol. The highest BCUT2D eigenvalue weighted by molar-refractivity contribution is 5.40. The molecular formula is C12H18N4. The Morgan fingerprint density at radius 2 is 2.31 bits per heavy atom. The SMILES string of the molecule is C=CCN(c1cnc(CNC)cn1)C1CC1. The zero-order chi connectivity index (χ0) is 11.4. The molecule has 0 radical (unpaired) electrons. The maximum Gasteiger partial charge on any atom is 0.147 e. The van der Waals surface area contributed by atoms with Gasteiger partial charge in [0, 0.05) is 19.1 Å². The lowest BCUT2D eigenvalue weighted by Gasteiger charge is -2.21. The van der Waals surface area contributed by atoms with E-state index in [9.17, 15) is 0 Å². The Bertz CT molecular complexity index is 343. The first-order valence-corrected chi connectivity index (χ1v) is 5.68. The second-order valence-corrected chi connectivity index (χ2v) is 4.07. The minimum atomic E-state index is 0.641. The van der Waals surface area contributed by atoms with E-state index in [-0.39, 0.29) is 0 Å². The molecule has 4 heteroatoms. The number of hydrogen-bond donors (Lipinski definition) is 1. The fraction of sp³-hybridized carbons (Fsp3) is 0.500. The Hall–Kier alpha value is -1.42. The number of rotatable bonds is 6. The van der Waals surface area contributed by atoms with Crippen LogP contribution in [0.15, 0.2) is 25.0 Å². The van der Waals surface area contributed by atoms with E-state index in [0.29, 0.717) is 6.04 Å². The quantitative estimate of drug-likeness (QED) is 0.732. The van der Waals surface area contributed by atoms with Gasteiger partial charge in [0.1, 0.15) is 5.82 Å². The molecule has 0 spiro atoms. The van der Waals surface area contributed by atoms with Crippen LogP contribution in [0, 0.1) is 0 Å². The highest BCUT2D eigenvalue weighted by atomic mass is 15.2. The van der Waals surface area contributed by atoms with Crippen molar-refractivity contribution >= 4 is 5.82 Å². The van der Waals surface area contributed by atoms with Crippen molar-refractivity contribution in [3.63, 3.8) is 0 Å². The topological polar surface area (TPSA) is 41.1 Å². The molecule has 1 aromatic rings. The van der Waals surface area contributed by atoms with E-state index in [1.807, 2.05) is 25.5 Å². The van der Waals surface area contributed by atoms with E-state index in [2.05, 4.69) is 26.8 Å². The summed E-state index contributed by atoms with van der Waals surface area (Å²) in [6, 6.07) is 0.641. The number of hydrogen-bond acceptors (Lipinski definition) is 4. The second-order valence-electron chi connectivity index (χ2n) is 4.07. The van der Waals surface area contributed by atoms with Crippen LogP contribution in [0.5, 0.6) is 0 Å². The van der Waals surface area contributed by atoms with Crippen molar-refractivity contribution in [1.29, 1.82) is 0 Å². The minimum Gasteiger partial charge on any atom is -0.349 e. The zero-order valence-corrected chi connectivity index (χ0v) is 9.69. The Morgan fingerprint density at radius 3 is 2.81 bits per heavy atom.